The molecule has 0 saturated heterocycles. The summed E-state index contributed by atoms with van der Waals surface area (Å²) in [4.78, 5) is 1.22. The largest absolute Gasteiger partial charge is 0.472 e. The van der Waals surface area contributed by atoms with Gasteiger partial charge in [-0.05, 0) is 35.2 Å². The third kappa shape index (κ3) is 3.24. The van der Waals surface area contributed by atoms with Gasteiger partial charge in [-0.3, -0.25) is 0 Å². The highest BCUT2D eigenvalue weighted by Gasteiger charge is 2.13. The second-order valence-electron chi connectivity index (χ2n) is 4.45. The Morgan fingerprint density at radius 3 is 2.62 bits per heavy atom. The van der Waals surface area contributed by atoms with Gasteiger partial charge in [-0.1, -0.05) is 18.2 Å². The summed E-state index contributed by atoms with van der Waals surface area (Å²) >= 11 is 1.52. The molecular weight excluding hydrogens is 306 g/mol. The minimum atomic E-state index is -3.46. The van der Waals surface area contributed by atoms with Gasteiger partial charge in [-0.15, -0.1) is 11.3 Å². The molecule has 0 atom stereocenters. The molecule has 3 aromatic rings. The van der Waals surface area contributed by atoms with Crippen molar-refractivity contribution in [2.75, 3.05) is 0 Å². The molecule has 0 spiro atoms. The SMILES string of the molecule is O=S(=O)(NCc1cc(-c2ccoc2)cs1)c1ccccc1. The van der Waals surface area contributed by atoms with E-state index in [9.17, 15) is 8.42 Å². The summed E-state index contributed by atoms with van der Waals surface area (Å²) in [5, 5.41) is 1.98. The summed E-state index contributed by atoms with van der Waals surface area (Å²) in [7, 11) is -3.46. The molecule has 0 aliphatic carbocycles. The molecule has 108 valence electrons. The molecular formula is C15H13NO3S2. The van der Waals surface area contributed by atoms with Gasteiger partial charge >= 0.3 is 0 Å². The fourth-order valence-corrected chi connectivity index (χ4v) is 3.85. The lowest BCUT2D eigenvalue weighted by atomic mass is 10.2. The van der Waals surface area contributed by atoms with E-state index in [4.69, 9.17) is 4.42 Å². The van der Waals surface area contributed by atoms with Crippen molar-refractivity contribution >= 4 is 21.4 Å². The maximum atomic E-state index is 12.1. The number of rotatable bonds is 5. The van der Waals surface area contributed by atoms with E-state index in [0.717, 1.165) is 16.0 Å². The van der Waals surface area contributed by atoms with Crippen LogP contribution in [-0.4, -0.2) is 8.42 Å². The first-order valence-electron chi connectivity index (χ1n) is 6.30. The number of hydrogen-bond acceptors (Lipinski definition) is 4. The van der Waals surface area contributed by atoms with E-state index in [2.05, 4.69) is 4.72 Å². The van der Waals surface area contributed by atoms with Crippen molar-refractivity contribution in [2.45, 2.75) is 11.4 Å². The summed E-state index contributed by atoms with van der Waals surface area (Å²) in [5.41, 5.74) is 2.02. The van der Waals surface area contributed by atoms with Gasteiger partial charge in [-0.2, -0.15) is 0 Å². The van der Waals surface area contributed by atoms with E-state index >= 15 is 0 Å². The smallest absolute Gasteiger partial charge is 0.240 e. The number of nitrogens with one attached hydrogen (secondary N) is 1. The van der Waals surface area contributed by atoms with Crippen molar-refractivity contribution in [1.29, 1.82) is 0 Å². The van der Waals surface area contributed by atoms with E-state index in [0.29, 0.717) is 0 Å². The first-order chi connectivity index (χ1) is 10.1. The van der Waals surface area contributed by atoms with Crippen molar-refractivity contribution in [2.24, 2.45) is 0 Å². The molecule has 0 unspecified atom stereocenters. The molecule has 6 heteroatoms. The first kappa shape index (κ1) is 14.1. The molecule has 0 aliphatic heterocycles. The highest BCUT2D eigenvalue weighted by molar-refractivity contribution is 7.89. The van der Waals surface area contributed by atoms with E-state index in [1.165, 1.54) is 11.3 Å². The molecule has 2 aromatic heterocycles. The molecule has 0 saturated carbocycles. The highest BCUT2D eigenvalue weighted by atomic mass is 32.2. The lowest BCUT2D eigenvalue weighted by Gasteiger charge is -2.04. The van der Waals surface area contributed by atoms with Crippen molar-refractivity contribution in [1.82, 2.24) is 4.72 Å². The van der Waals surface area contributed by atoms with Gasteiger partial charge in [0, 0.05) is 17.0 Å². The number of hydrogen-bond donors (Lipinski definition) is 1. The summed E-state index contributed by atoms with van der Waals surface area (Å²) in [6, 6.07) is 12.2. The van der Waals surface area contributed by atoms with E-state index in [1.54, 1.807) is 42.9 Å². The minimum Gasteiger partial charge on any atom is -0.472 e. The number of benzene rings is 1. The molecule has 0 fully saturated rings. The first-order valence-corrected chi connectivity index (χ1v) is 8.66. The predicted molar refractivity (Wildman–Crippen MR) is 82.5 cm³/mol. The second kappa shape index (κ2) is 5.85. The highest BCUT2D eigenvalue weighted by Crippen LogP contribution is 2.26. The number of furan rings is 1. The van der Waals surface area contributed by atoms with Gasteiger partial charge in [0.05, 0.1) is 17.4 Å². The molecule has 3 rings (SSSR count). The Labute approximate surface area is 127 Å². The number of thiophene rings is 1. The maximum absolute atomic E-state index is 12.1. The van der Waals surface area contributed by atoms with Crippen LogP contribution in [0.15, 0.2) is 69.7 Å². The van der Waals surface area contributed by atoms with Crippen molar-refractivity contribution in [3.05, 3.63) is 65.2 Å². The molecule has 0 aliphatic rings. The number of sulfonamides is 1. The summed E-state index contributed by atoms with van der Waals surface area (Å²) < 4.78 is 31.9. The Bertz CT molecular complexity index is 806. The average Bonchev–Trinajstić information content (AvgIpc) is 3.17. The van der Waals surface area contributed by atoms with Crippen molar-refractivity contribution in [3.63, 3.8) is 0 Å². The zero-order valence-corrected chi connectivity index (χ0v) is 12.7. The van der Waals surface area contributed by atoms with Gasteiger partial charge < -0.3 is 4.42 Å². The lowest BCUT2D eigenvalue weighted by molar-refractivity contribution is 0.568. The van der Waals surface area contributed by atoms with Gasteiger partial charge in [0.1, 0.15) is 0 Å². The van der Waals surface area contributed by atoms with Gasteiger partial charge in [-0.25, -0.2) is 13.1 Å². The molecule has 4 nitrogen and oxygen atoms in total. The van der Waals surface area contributed by atoms with Crippen molar-refractivity contribution < 1.29 is 12.8 Å². The lowest BCUT2D eigenvalue weighted by Crippen LogP contribution is -2.22. The molecule has 1 aromatic carbocycles. The quantitative estimate of drug-likeness (QED) is 0.783. The Balaban J connectivity index is 1.71. The molecule has 0 amide bonds. The maximum Gasteiger partial charge on any atom is 0.240 e. The summed E-state index contributed by atoms with van der Waals surface area (Å²) in [6.45, 7) is 0.278. The van der Waals surface area contributed by atoms with Crippen LogP contribution in [0.4, 0.5) is 0 Å². The standard InChI is InChI=1S/C15H13NO3S2/c17-21(18,15-4-2-1-3-5-15)16-9-14-8-13(11-20-14)12-6-7-19-10-12/h1-8,10-11,16H,9H2. The van der Waals surface area contributed by atoms with Crippen LogP contribution in [0.3, 0.4) is 0 Å². The fourth-order valence-electron chi connectivity index (χ4n) is 1.90. The topological polar surface area (TPSA) is 59.3 Å². The third-order valence-corrected chi connectivity index (χ3v) is 5.35. The van der Waals surface area contributed by atoms with Crippen molar-refractivity contribution in [3.8, 4) is 11.1 Å². The van der Waals surface area contributed by atoms with E-state index in [1.807, 2.05) is 17.5 Å². The monoisotopic (exact) mass is 319 g/mol. The zero-order valence-electron chi connectivity index (χ0n) is 11.0. The Kier molecular flexibility index (Phi) is 3.92. The predicted octanol–water partition coefficient (Wildman–Crippen LogP) is 3.49. The van der Waals surface area contributed by atoms with E-state index < -0.39 is 10.0 Å². The Morgan fingerprint density at radius 1 is 1.10 bits per heavy atom. The van der Waals surface area contributed by atoms with E-state index in [-0.39, 0.29) is 11.4 Å². The van der Waals surface area contributed by atoms with Crippen LogP contribution in [-0.2, 0) is 16.6 Å². The molecule has 0 radical (unpaired) electrons. The zero-order chi connectivity index (χ0) is 14.7. The molecule has 1 N–H and O–H groups in total. The third-order valence-electron chi connectivity index (χ3n) is 3.00. The van der Waals surface area contributed by atoms with Crippen LogP contribution in [0.2, 0.25) is 0 Å². The van der Waals surface area contributed by atoms with Crippen LogP contribution in [0.5, 0.6) is 0 Å². The van der Waals surface area contributed by atoms with Gasteiger partial charge in [0.15, 0.2) is 0 Å². The Morgan fingerprint density at radius 2 is 1.90 bits per heavy atom. The average molecular weight is 319 g/mol. The summed E-state index contributed by atoms with van der Waals surface area (Å²) in [5.74, 6) is 0. The fraction of sp³-hybridized carbons (Fsp3) is 0.0667. The van der Waals surface area contributed by atoms with Crippen LogP contribution in [0.1, 0.15) is 4.88 Å². The Hall–Kier alpha value is -1.89. The van der Waals surface area contributed by atoms with Crippen LogP contribution < -0.4 is 4.72 Å². The normalized spacial score (nSPS) is 11.6. The molecule has 0 bridgehead atoms. The van der Waals surface area contributed by atoms with Crippen LogP contribution in [0, 0.1) is 0 Å². The van der Waals surface area contributed by atoms with Crippen LogP contribution >= 0.6 is 11.3 Å². The minimum absolute atomic E-state index is 0.275. The van der Waals surface area contributed by atoms with Gasteiger partial charge in [0.2, 0.25) is 10.0 Å². The summed E-state index contributed by atoms with van der Waals surface area (Å²) in [6.07, 6.45) is 3.28. The van der Waals surface area contributed by atoms with Crippen LogP contribution in [0.25, 0.3) is 11.1 Å². The molecule has 2 heterocycles. The van der Waals surface area contributed by atoms with Gasteiger partial charge in [0.25, 0.3) is 0 Å². The molecule has 21 heavy (non-hydrogen) atoms. The second-order valence-corrected chi connectivity index (χ2v) is 7.21.